The summed E-state index contributed by atoms with van der Waals surface area (Å²) in [6.07, 6.45) is 3.50. The summed E-state index contributed by atoms with van der Waals surface area (Å²) in [5.41, 5.74) is -1.83. The van der Waals surface area contributed by atoms with Crippen LogP contribution in [0.4, 0.5) is 0 Å². The molecular formula is C28H31NO6S. The summed E-state index contributed by atoms with van der Waals surface area (Å²) in [5.74, 6) is -3.12. The first kappa shape index (κ1) is 25.9. The Morgan fingerprint density at radius 1 is 0.944 bits per heavy atom. The Bertz CT molecular complexity index is 1270. The predicted octanol–water partition coefficient (Wildman–Crippen LogP) is 4.70. The monoisotopic (exact) mass is 509 g/mol. The zero-order valence-corrected chi connectivity index (χ0v) is 21.6. The lowest BCUT2D eigenvalue weighted by molar-refractivity contribution is -0.260. The Balaban J connectivity index is 2.06. The smallest absolute Gasteiger partial charge is 0.329 e. The SMILES string of the molecule is C=CCC1(CC=C)CN(S(=O)(=O)c2ccc(C)cc2)[C@H](c2ccccc2)C12C(=O)OC(C)(C)OC2=O. The topological polar surface area (TPSA) is 90.0 Å². The summed E-state index contributed by atoms with van der Waals surface area (Å²) in [7, 11) is -4.16. The Labute approximate surface area is 212 Å². The Morgan fingerprint density at radius 2 is 1.47 bits per heavy atom. The van der Waals surface area contributed by atoms with Crippen molar-refractivity contribution in [2.75, 3.05) is 6.54 Å². The maximum absolute atomic E-state index is 14.2. The molecule has 0 amide bonds. The number of hydrogen-bond donors (Lipinski definition) is 0. The molecule has 2 aromatic carbocycles. The number of sulfonamides is 1. The fraction of sp³-hybridized carbons (Fsp3) is 0.357. The molecule has 0 bridgehead atoms. The molecule has 2 heterocycles. The first-order valence-electron chi connectivity index (χ1n) is 11.8. The number of carbonyl (C=O) groups is 2. The summed E-state index contributed by atoms with van der Waals surface area (Å²) in [6.45, 7) is 12.4. The fourth-order valence-electron chi connectivity index (χ4n) is 5.60. The minimum absolute atomic E-state index is 0.0649. The van der Waals surface area contributed by atoms with Crippen molar-refractivity contribution >= 4 is 22.0 Å². The van der Waals surface area contributed by atoms with E-state index in [1.54, 1.807) is 54.6 Å². The van der Waals surface area contributed by atoms with Gasteiger partial charge in [0.15, 0.2) is 5.41 Å². The van der Waals surface area contributed by atoms with Gasteiger partial charge in [0.05, 0.1) is 10.9 Å². The van der Waals surface area contributed by atoms with Crippen LogP contribution in [0.15, 0.2) is 84.8 Å². The minimum Gasteiger partial charge on any atom is -0.422 e. The molecule has 2 saturated heterocycles. The molecule has 7 nitrogen and oxygen atoms in total. The maximum atomic E-state index is 14.2. The highest BCUT2D eigenvalue weighted by molar-refractivity contribution is 7.89. The highest BCUT2D eigenvalue weighted by Crippen LogP contribution is 2.65. The number of carbonyl (C=O) groups excluding carboxylic acids is 2. The number of hydrogen-bond acceptors (Lipinski definition) is 6. The molecule has 1 spiro atoms. The van der Waals surface area contributed by atoms with Gasteiger partial charge >= 0.3 is 11.9 Å². The van der Waals surface area contributed by atoms with E-state index in [9.17, 15) is 18.0 Å². The quantitative estimate of drug-likeness (QED) is 0.305. The number of ether oxygens (including phenoxy) is 2. The zero-order valence-electron chi connectivity index (χ0n) is 20.8. The van der Waals surface area contributed by atoms with Crippen LogP contribution >= 0.6 is 0 Å². The van der Waals surface area contributed by atoms with Crippen LogP contribution in [0.3, 0.4) is 0 Å². The number of nitrogens with zero attached hydrogens (tertiary/aromatic N) is 1. The molecule has 0 aromatic heterocycles. The number of aryl methyl sites for hydroxylation is 1. The first-order valence-corrected chi connectivity index (χ1v) is 13.2. The molecule has 36 heavy (non-hydrogen) atoms. The summed E-state index contributed by atoms with van der Waals surface area (Å²) in [5, 5.41) is 0. The highest BCUT2D eigenvalue weighted by Gasteiger charge is 2.76. The van der Waals surface area contributed by atoms with Crippen molar-refractivity contribution in [3.05, 3.63) is 91.0 Å². The average molecular weight is 510 g/mol. The molecule has 0 radical (unpaired) electrons. The third kappa shape index (κ3) is 3.79. The lowest BCUT2D eigenvalue weighted by Crippen LogP contribution is -2.62. The second-order valence-corrected chi connectivity index (χ2v) is 11.8. The lowest BCUT2D eigenvalue weighted by atomic mass is 9.57. The summed E-state index contributed by atoms with van der Waals surface area (Å²) in [6, 6.07) is 14.0. The fourth-order valence-corrected chi connectivity index (χ4v) is 7.32. The molecule has 190 valence electrons. The van der Waals surface area contributed by atoms with Crippen LogP contribution < -0.4 is 0 Å². The molecule has 0 N–H and O–H groups in total. The molecule has 2 aromatic rings. The van der Waals surface area contributed by atoms with Gasteiger partial charge in [0.2, 0.25) is 10.0 Å². The summed E-state index contributed by atoms with van der Waals surface area (Å²) < 4.78 is 41.0. The molecule has 0 saturated carbocycles. The zero-order chi connectivity index (χ0) is 26.4. The van der Waals surface area contributed by atoms with Gasteiger partial charge in [-0.1, -0.05) is 60.2 Å². The Hall–Kier alpha value is -3.23. The van der Waals surface area contributed by atoms with Crippen molar-refractivity contribution in [1.29, 1.82) is 0 Å². The molecule has 8 heteroatoms. The molecule has 0 unspecified atom stereocenters. The second kappa shape index (κ2) is 9.01. The van der Waals surface area contributed by atoms with Crippen molar-refractivity contribution in [3.8, 4) is 0 Å². The van der Waals surface area contributed by atoms with E-state index in [-0.39, 0.29) is 24.3 Å². The van der Waals surface area contributed by atoms with Gasteiger partial charge < -0.3 is 9.47 Å². The third-order valence-electron chi connectivity index (χ3n) is 7.13. The maximum Gasteiger partial charge on any atom is 0.329 e. The van der Waals surface area contributed by atoms with Crippen LogP contribution in [0.25, 0.3) is 0 Å². The van der Waals surface area contributed by atoms with Gasteiger partial charge in [0.25, 0.3) is 5.79 Å². The van der Waals surface area contributed by atoms with Gasteiger partial charge in [-0.25, -0.2) is 8.42 Å². The molecular weight excluding hydrogens is 478 g/mol. The van der Waals surface area contributed by atoms with Crippen LogP contribution in [0.1, 0.15) is 43.9 Å². The predicted molar refractivity (Wildman–Crippen MR) is 135 cm³/mol. The van der Waals surface area contributed by atoms with Gasteiger partial charge in [-0.2, -0.15) is 4.31 Å². The van der Waals surface area contributed by atoms with Crippen molar-refractivity contribution in [1.82, 2.24) is 4.31 Å². The number of esters is 2. The number of allylic oxidation sites excluding steroid dienone is 2. The van der Waals surface area contributed by atoms with E-state index >= 15 is 0 Å². The average Bonchev–Trinajstić information content (AvgIpc) is 3.11. The van der Waals surface area contributed by atoms with Crippen LogP contribution in [0.2, 0.25) is 0 Å². The highest BCUT2D eigenvalue weighted by atomic mass is 32.2. The standard InChI is InChI=1S/C28H31NO6S/c1-6-17-27(18-7-2)19-29(36(32,33)22-15-13-20(3)14-16-22)23(21-11-9-8-10-12-21)28(27)24(30)34-26(4,5)35-25(28)31/h6-16,23H,1-2,17-19H2,3-5H3/t23-/m1/s1. The Morgan fingerprint density at radius 3 is 1.97 bits per heavy atom. The molecule has 2 aliphatic heterocycles. The number of rotatable bonds is 7. The summed E-state index contributed by atoms with van der Waals surface area (Å²) >= 11 is 0. The van der Waals surface area contributed by atoms with E-state index in [1.165, 1.54) is 30.3 Å². The van der Waals surface area contributed by atoms with E-state index in [0.29, 0.717) is 5.56 Å². The molecule has 1 atom stereocenters. The van der Waals surface area contributed by atoms with Crippen molar-refractivity contribution in [2.45, 2.75) is 50.3 Å². The van der Waals surface area contributed by atoms with E-state index in [2.05, 4.69) is 13.2 Å². The minimum atomic E-state index is -4.16. The van der Waals surface area contributed by atoms with Gasteiger partial charge in [0.1, 0.15) is 0 Å². The first-order chi connectivity index (χ1) is 16.9. The van der Waals surface area contributed by atoms with Crippen LogP contribution in [0, 0.1) is 17.8 Å². The van der Waals surface area contributed by atoms with Gasteiger partial charge in [-0.3, -0.25) is 9.59 Å². The van der Waals surface area contributed by atoms with Crippen LogP contribution in [-0.4, -0.2) is 37.0 Å². The van der Waals surface area contributed by atoms with E-state index in [4.69, 9.17) is 9.47 Å². The van der Waals surface area contributed by atoms with Gasteiger partial charge in [-0.15, -0.1) is 13.2 Å². The van der Waals surface area contributed by atoms with E-state index in [1.807, 2.05) is 6.92 Å². The summed E-state index contributed by atoms with van der Waals surface area (Å²) in [4.78, 5) is 28.1. The number of cyclic esters (lactones) is 2. The molecule has 2 fully saturated rings. The third-order valence-corrected chi connectivity index (χ3v) is 8.95. The number of benzene rings is 2. The van der Waals surface area contributed by atoms with Crippen LogP contribution in [-0.2, 0) is 29.1 Å². The normalized spacial score (nSPS) is 22.6. The van der Waals surface area contributed by atoms with Crippen molar-refractivity contribution in [3.63, 3.8) is 0 Å². The largest absolute Gasteiger partial charge is 0.422 e. The lowest BCUT2D eigenvalue weighted by Gasteiger charge is -2.48. The van der Waals surface area contributed by atoms with Gasteiger partial charge in [-0.05, 0) is 37.5 Å². The Kier molecular flexibility index (Phi) is 6.47. The second-order valence-electron chi connectivity index (χ2n) is 9.93. The van der Waals surface area contributed by atoms with Crippen LogP contribution in [0.5, 0.6) is 0 Å². The molecule has 4 rings (SSSR count). The van der Waals surface area contributed by atoms with E-state index < -0.39 is 44.6 Å². The van der Waals surface area contributed by atoms with Crippen molar-refractivity contribution in [2.24, 2.45) is 10.8 Å². The molecule has 0 aliphatic carbocycles. The van der Waals surface area contributed by atoms with Crippen molar-refractivity contribution < 1.29 is 27.5 Å². The molecule has 2 aliphatic rings. The van der Waals surface area contributed by atoms with Gasteiger partial charge in [0, 0.05) is 25.8 Å². The van der Waals surface area contributed by atoms with E-state index in [0.717, 1.165) is 5.56 Å².